The summed E-state index contributed by atoms with van der Waals surface area (Å²) in [4.78, 5) is 10.2. The summed E-state index contributed by atoms with van der Waals surface area (Å²) in [6.07, 6.45) is 1.06. The number of aryl methyl sites for hydroxylation is 1. The first-order valence-corrected chi connectivity index (χ1v) is 5.05. The number of aromatic amines is 1. The Morgan fingerprint density at radius 2 is 2.43 bits per heavy atom. The molecule has 0 radical (unpaired) electrons. The van der Waals surface area contributed by atoms with E-state index in [9.17, 15) is 0 Å². The van der Waals surface area contributed by atoms with Crippen molar-refractivity contribution in [3.63, 3.8) is 0 Å². The van der Waals surface area contributed by atoms with Gasteiger partial charge < -0.3 is 9.72 Å². The molecule has 0 fully saturated rings. The zero-order valence-electron chi connectivity index (χ0n) is 8.84. The molecule has 1 aliphatic rings. The van der Waals surface area contributed by atoms with Crippen molar-refractivity contribution in [3.8, 4) is 0 Å². The fourth-order valence-corrected chi connectivity index (χ4v) is 1.90. The molecule has 4 heteroatoms. The van der Waals surface area contributed by atoms with E-state index in [-0.39, 0.29) is 0 Å². The van der Waals surface area contributed by atoms with Gasteiger partial charge in [-0.25, -0.2) is 4.98 Å². The number of imidazole rings is 1. The maximum absolute atomic E-state index is 5.07. The molecule has 0 saturated heterocycles. The molecule has 78 valence electrons. The standard InChI is InChI=1S/C10H17N3O/c1-8-11-9-3-4-13(5-6-14-2)7-10(9)12-8/h3-7H2,1-2H3,(H,11,12). The lowest BCUT2D eigenvalue weighted by Gasteiger charge is -2.25. The highest BCUT2D eigenvalue weighted by Crippen LogP contribution is 2.15. The highest BCUT2D eigenvalue weighted by molar-refractivity contribution is 5.17. The van der Waals surface area contributed by atoms with E-state index in [0.29, 0.717) is 0 Å². The molecule has 1 aromatic rings. The first-order chi connectivity index (χ1) is 6.79. The van der Waals surface area contributed by atoms with Gasteiger partial charge in [-0.3, -0.25) is 4.90 Å². The number of hydrogen-bond donors (Lipinski definition) is 1. The van der Waals surface area contributed by atoms with Gasteiger partial charge in [0, 0.05) is 33.2 Å². The van der Waals surface area contributed by atoms with E-state index in [2.05, 4.69) is 14.9 Å². The minimum Gasteiger partial charge on any atom is -0.383 e. The van der Waals surface area contributed by atoms with E-state index in [1.165, 1.54) is 11.4 Å². The highest BCUT2D eigenvalue weighted by atomic mass is 16.5. The molecular weight excluding hydrogens is 178 g/mol. The van der Waals surface area contributed by atoms with Crippen LogP contribution in [0.4, 0.5) is 0 Å². The number of nitrogens with zero attached hydrogens (tertiary/aromatic N) is 2. The molecule has 0 aliphatic carbocycles. The number of nitrogens with one attached hydrogen (secondary N) is 1. The molecule has 1 aromatic heterocycles. The van der Waals surface area contributed by atoms with Gasteiger partial charge >= 0.3 is 0 Å². The maximum atomic E-state index is 5.07. The van der Waals surface area contributed by atoms with Gasteiger partial charge in [0.2, 0.25) is 0 Å². The smallest absolute Gasteiger partial charge is 0.103 e. The third kappa shape index (κ3) is 1.96. The Bertz CT molecular complexity index is 308. The highest BCUT2D eigenvalue weighted by Gasteiger charge is 2.18. The van der Waals surface area contributed by atoms with Crippen molar-refractivity contribution in [2.45, 2.75) is 19.9 Å². The van der Waals surface area contributed by atoms with Crippen molar-refractivity contribution in [2.75, 3.05) is 26.8 Å². The predicted octanol–water partition coefficient (Wildman–Crippen LogP) is 0.723. The molecule has 14 heavy (non-hydrogen) atoms. The van der Waals surface area contributed by atoms with Crippen molar-refractivity contribution >= 4 is 0 Å². The lowest BCUT2D eigenvalue weighted by atomic mass is 10.1. The lowest BCUT2D eigenvalue weighted by molar-refractivity contribution is 0.139. The fraction of sp³-hybridized carbons (Fsp3) is 0.700. The van der Waals surface area contributed by atoms with Gasteiger partial charge in [0.15, 0.2) is 0 Å². The summed E-state index contributed by atoms with van der Waals surface area (Å²) in [5.74, 6) is 1.03. The van der Waals surface area contributed by atoms with Crippen LogP contribution in [0.1, 0.15) is 17.2 Å². The number of hydrogen-bond acceptors (Lipinski definition) is 3. The third-order valence-corrected chi connectivity index (χ3v) is 2.64. The summed E-state index contributed by atoms with van der Waals surface area (Å²) in [5, 5.41) is 0. The van der Waals surface area contributed by atoms with Crippen molar-refractivity contribution in [2.24, 2.45) is 0 Å². The summed E-state index contributed by atoms with van der Waals surface area (Å²) < 4.78 is 5.07. The van der Waals surface area contributed by atoms with E-state index in [1.807, 2.05) is 6.92 Å². The minimum atomic E-state index is 0.808. The number of fused-ring (bicyclic) bond motifs is 1. The van der Waals surface area contributed by atoms with E-state index in [1.54, 1.807) is 7.11 Å². The van der Waals surface area contributed by atoms with Crippen molar-refractivity contribution in [1.29, 1.82) is 0 Å². The Balaban J connectivity index is 1.98. The molecule has 1 aliphatic heterocycles. The first-order valence-electron chi connectivity index (χ1n) is 5.05. The van der Waals surface area contributed by atoms with Crippen LogP contribution in [0.5, 0.6) is 0 Å². The summed E-state index contributed by atoms with van der Waals surface area (Å²) in [6.45, 7) is 5.91. The second-order valence-corrected chi connectivity index (χ2v) is 3.77. The molecule has 4 nitrogen and oxygen atoms in total. The van der Waals surface area contributed by atoms with Gasteiger partial charge in [-0.15, -0.1) is 0 Å². The molecule has 2 rings (SSSR count). The summed E-state index contributed by atoms with van der Waals surface area (Å²) in [7, 11) is 1.75. The molecule has 0 bridgehead atoms. The molecule has 0 saturated carbocycles. The Morgan fingerprint density at radius 3 is 3.21 bits per heavy atom. The Hall–Kier alpha value is -0.870. The number of H-pyrrole nitrogens is 1. The van der Waals surface area contributed by atoms with Crippen molar-refractivity contribution in [3.05, 3.63) is 17.2 Å². The van der Waals surface area contributed by atoms with E-state index in [4.69, 9.17) is 4.74 Å². The molecule has 0 spiro atoms. The van der Waals surface area contributed by atoms with Crippen LogP contribution in [0.2, 0.25) is 0 Å². The maximum Gasteiger partial charge on any atom is 0.103 e. The van der Waals surface area contributed by atoms with Gasteiger partial charge in [0.1, 0.15) is 5.82 Å². The summed E-state index contributed by atoms with van der Waals surface area (Å²) in [5.41, 5.74) is 2.53. The lowest BCUT2D eigenvalue weighted by Crippen LogP contribution is -2.33. The van der Waals surface area contributed by atoms with Gasteiger partial charge in [0.25, 0.3) is 0 Å². The number of rotatable bonds is 3. The van der Waals surface area contributed by atoms with Crippen LogP contribution in [-0.2, 0) is 17.7 Å². The molecule has 0 unspecified atom stereocenters. The van der Waals surface area contributed by atoms with Gasteiger partial charge in [-0.2, -0.15) is 0 Å². The molecule has 0 atom stereocenters. The molecule has 0 amide bonds. The second-order valence-electron chi connectivity index (χ2n) is 3.77. The van der Waals surface area contributed by atoms with Crippen LogP contribution in [0.15, 0.2) is 0 Å². The zero-order valence-corrected chi connectivity index (χ0v) is 8.84. The van der Waals surface area contributed by atoms with Crippen LogP contribution in [0.25, 0.3) is 0 Å². The van der Waals surface area contributed by atoms with E-state index >= 15 is 0 Å². The summed E-state index contributed by atoms with van der Waals surface area (Å²) >= 11 is 0. The Morgan fingerprint density at radius 1 is 1.57 bits per heavy atom. The average Bonchev–Trinajstić information content (AvgIpc) is 2.54. The van der Waals surface area contributed by atoms with E-state index < -0.39 is 0 Å². The SMILES string of the molecule is COCCN1CCc2nc(C)[nH]c2C1. The van der Waals surface area contributed by atoms with Crippen LogP contribution in [-0.4, -0.2) is 41.7 Å². The quantitative estimate of drug-likeness (QED) is 0.772. The van der Waals surface area contributed by atoms with Crippen LogP contribution in [0, 0.1) is 6.92 Å². The number of methoxy groups -OCH3 is 1. The van der Waals surface area contributed by atoms with Crippen molar-refractivity contribution in [1.82, 2.24) is 14.9 Å². The molecular formula is C10H17N3O. The monoisotopic (exact) mass is 195 g/mol. The van der Waals surface area contributed by atoms with Gasteiger partial charge in [0.05, 0.1) is 18.0 Å². The van der Waals surface area contributed by atoms with Crippen LogP contribution < -0.4 is 0 Å². The number of aromatic nitrogens is 2. The minimum absolute atomic E-state index is 0.808. The third-order valence-electron chi connectivity index (χ3n) is 2.64. The first kappa shape index (κ1) is 9.68. The zero-order chi connectivity index (χ0) is 9.97. The number of ether oxygens (including phenoxy) is 1. The Kier molecular flexibility index (Phi) is 2.84. The van der Waals surface area contributed by atoms with Crippen molar-refractivity contribution < 1.29 is 4.74 Å². The predicted molar refractivity (Wildman–Crippen MR) is 54.2 cm³/mol. The molecule has 2 heterocycles. The summed E-state index contributed by atoms with van der Waals surface area (Å²) in [6, 6.07) is 0. The second kappa shape index (κ2) is 4.11. The van der Waals surface area contributed by atoms with Crippen LogP contribution >= 0.6 is 0 Å². The Labute approximate surface area is 84.3 Å². The molecule has 0 aromatic carbocycles. The van der Waals surface area contributed by atoms with Gasteiger partial charge in [-0.1, -0.05) is 0 Å². The largest absolute Gasteiger partial charge is 0.383 e. The topological polar surface area (TPSA) is 41.1 Å². The van der Waals surface area contributed by atoms with E-state index in [0.717, 1.165) is 38.5 Å². The van der Waals surface area contributed by atoms with Crippen LogP contribution in [0.3, 0.4) is 0 Å². The fourth-order valence-electron chi connectivity index (χ4n) is 1.90. The normalized spacial score (nSPS) is 17.0. The molecule has 1 N–H and O–H groups in total. The average molecular weight is 195 g/mol. The van der Waals surface area contributed by atoms with Gasteiger partial charge in [-0.05, 0) is 6.92 Å².